The molecular weight excluding hydrogens is 236 g/mol. The normalized spacial score (nSPS) is 24.9. The van der Waals surface area contributed by atoms with Crippen LogP contribution >= 0.6 is 11.3 Å². The van der Waals surface area contributed by atoms with Crippen molar-refractivity contribution >= 4 is 23.2 Å². The average Bonchev–Trinajstić information content (AvgIpc) is 2.78. The number of thiophene rings is 1. The minimum Gasteiger partial charge on any atom is -0.343 e. The molecule has 2 unspecified atom stereocenters. The zero-order valence-electron chi connectivity index (χ0n) is 9.97. The number of hydrogen-bond donors (Lipinski definition) is 1. The zero-order chi connectivity index (χ0) is 12.4. The van der Waals surface area contributed by atoms with Gasteiger partial charge in [0.2, 0.25) is 11.8 Å². The highest BCUT2D eigenvalue weighted by atomic mass is 32.1. The van der Waals surface area contributed by atoms with Gasteiger partial charge in [0.1, 0.15) is 12.1 Å². The summed E-state index contributed by atoms with van der Waals surface area (Å²) < 4.78 is 0. The summed E-state index contributed by atoms with van der Waals surface area (Å²) in [5, 5.41) is 4.69. The van der Waals surface area contributed by atoms with Gasteiger partial charge in [0.05, 0.1) is 6.54 Å². The van der Waals surface area contributed by atoms with Crippen molar-refractivity contribution in [2.24, 2.45) is 0 Å². The second kappa shape index (κ2) is 4.87. The first-order valence-corrected chi connectivity index (χ1v) is 6.64. The van der Waals surface area contributed by atoms with E-state index in [4.69, 9.17) is 0 Å². The molecule has 2 heterocycles. The van der Waals surface area contributed by atoms with E-state index in [1.807, 2.05) is 24.4 Å². The maximum atomic E-state index is 12.1. The van der Waals surface area contributed by atoms with Gasteiger partial charge < -0.3 is 10.2 Å². The molecule has 2 rings (SSSR count). The third-order valence-corrected chi connectivity index (χ3v) is 3.85. The molecule has 92 valence electrons. The standard InChI is InChI=1S/C12H16N2O2S/c1-3-10-11(15)13-8(2)12(16)14(10)7-9-5-4-6-17-9/h4-6,8,10H,3,7H2,1-2H3,(H,13,15). The monoisotopic (exact) mass is 252 g/mol. The van der Waals surface area contributed by atoms with Gasteiger partial charge in [0.25, 0.3) is 0 Å². The summed E-state index contributed by atoms with van der Waals surface area (Å²) in [6, 6.07) is 3.20. The Morgan fingerprint density at radius 1 is 1.47 bits per heavy atom. The number of amides is 2. The Morgan fingerprint density at radius 2 is 2.24 bits per heavy atom. The van der Waals surface area contributed by atoms with Gasteiger partial charge in [-0.1, -0.05) is 13.0 Å². The Labute approximate surface area is 105 Å². The predicted molar refractivity (Wildman–Crippen MR) is 66.6 cm³/mol. The molecule has 0 spiro atoms. The van der Waals surface area contributed by atoms with Gasteiger partial charge in [0.15, 0.2) is 0 Å². The number of nitrogens with zero attached hydrogens (tertiary/aromatic N) is 1. The third-order valence-electron chi connectivity index (χ3n) is 2.98. The van der Waals surface area contributed by atoms with E-state index in [2.05, 4.69) is 5.32 Å². The first-order chi connectivity index (χ1) is 8.13. The zero-order valence-corrected chi connectivity index (χ0v) is 10.8. The molecule has 1 aromatic rings. The van der Waals surface area contributed by atoms with Gasteiger partial charge >= 0.3 is 0 Å². The van der Waals surface area contributed by atoms with Crippen LogP contribution in [0.1, 0.15) is 25.1 Å². The van der Waals surface area contributed by atoms with Crippen molar-refractivity contribution in [3.8, 4) is 0 Å². The lowest BCUT2D eigenvalue weighted by Crippen LogP contribution is -2.61. The molecule has 0 radical (unpaired) electrons. The summed E-state index contributed by atoms with van der Waals surface area (Å²) in [5.74, 6) is -0.0407. The molecule has 1 saturated heterocycles. The summed E-state index contributed by atoms with van der Waals surface area (Å²) >= 11 is 1.61. The summed E-state index contributed by atoms with van der Waals surface area (Å²) in [4.78, 5) is 26.7. The SMILES string of the molecule is CCC1C(=O)NC(C)C(=O)N1Cc1cccs1. The fraction of sp³-hybridized carbons (Fsp3) is 0.500. The molecular formula is C12H16N2O2S. The van der Waals surface area contributed by atoms with Crippen LogP contribution in [0.3, 0.4) is 0 Å². The van der Waals surface area contributed by atoms with Gasteiger partial charge in [-0.2, -0.15) is 0 Å². The molecule has 1 aliphatic heterocycles. The van der Waals surface area contributed by atoms with Gasteiger partial charge in [-0.3, -0.25) is 9.59 Å². The molecule has 1 fully saturated rings. The minimum atomic E-state index is -0.412. The van der Waals surface area contributed by atoms with E-state index in [9.17, 15) is 9.59 Å². The molecule has 1 N–H and O–H groups in total. The first-order valence-electron chi connectivity index (χ1n) is 5.76. The van der Waals surface area contributed by atoms with Crippen molar-refractivity contribution in [3.63, 3.8) is 0 Å². The van der Waals surface area contributed by atoms with Gasteiger partial charge in [0, 0.05) is 4.88 Å². The molecule has 2 amide bonds. The van der Waals surface area contributed by atoms with Crippen LogP contribution in [-0.4, -0.2) is 28.8 Å². The van der Waals surface area contributed by atoms with E-state index in [0.717, 1.165) is 4.88 Å². The van der Waals surface area contributed by atoms with Crippen molar-refractivity contribution in [3.05, 3.63) is 22.4 Å². The molecule has 2 atom stereocenters. The number of piperazine rings is 1. The lowest BCUT2D eigenvalue weighted by molar-refractivity contribution is -0.149. The molecule has 1 aromatic heterocycles. The molecule has 17 heavy (non-hydrogen) atoms. The number of hydrogen-bond acceptors (Lipinski definition) is 3. The van der Waals surface area contributed by atoms with Crippen LogP contribution in [0.5, 0.6) is 0 Å². The highest BCUT2D eigenvalue weighted by molar-refractivity contribution is 7.09. The smallest absolute Gasteiger partial charge is 0.245 e. The Hall–Kier alpha value is -1.36. The number of carbonyl (C=O) groups excluding carboxylic acids is 2. The Balaban J connectivity index is 2.20. The average molecular weight is 252 g/mol. The second-order valence-electron chi connectivity index (χ2n) is 4.20. The highest BCUT2D eigenvalue weighted by Crippen LogP contribution is 2.19. The topological polar surface area (TPSA) is 49.4 Å². The fourth-order valence-corrected chi connectivity index (χ4v) is 2.78. The van der Waals surface area contributed by atoms with Crippen LogP contribution in [0.2, 0.25) is 0 Å². The second-order valence-corrected chi connectivity index (χ2v) is 5.23. The number of nitrogens with one attached hydrogen (secondary N) is 1. The van der Waals surface area contributed by atoms with Gasteiger partial charge in [-0.25, -0.2) is 0 Å². The summed E-state index contributed by atoms with van der Waals surface area (Å²) in [5.41, 5.74) is 0. The van der Waals surface area contributed by atoms with Crippen molar-refractivity contribution < 1.29 is 9.59 Å². The summed E-state index contributed by atoms with van der Waals surface area (Å²) in [7, 11) is 0. The van der Waals surface area contributed by atoms with Crippen molar-refractivity contribution in [1.82, 2.24) is 10.2 Å². The van der Waals surface area contributed by atoms with E-state index in [-0.39, 0.29) is 17.9 Å². The third kappa shape index (κ3) is 2.34. The van der Waals surface area contributed by atoms with Crippen LogP contribution in [0.15, 0.2) is 17.5 Å². The summed E-state index contributed by atoms with van der Waals surface area (Å²) in [6.07, 6.45) is 0.648. The van der Waals surface area contributed by atoms with E-state index in [1.54, 1.807) is 23.2 Å². The number of carbonyl (C=O) groups is 2. The largest absolute Gasteiger partial charge is 0.343 e. The fourth-order valence-electron chi connectivity index (χ4n) is 2.08. The van der Waals surface area contributed by atoms with E-state index >= 15 is 0 Å². The number of rotatable bonds is 3. The molecule has 0 aliphatic carbocycles. The van der Waals surface area contributed by atoms with Crippen LogP contribution in [0, 0.1) is 0 Å². The van der Waals surface area contributed by atoms with Crippen LogP contribution in [0.25, 0.3) is 0 Å². The van der Waals surface area contributed by atoms with Gasteiger partial charge in [-0.15, -0.1) is 11.3 Å². The quantitative estimate of drug-likeness (QED) is 0.883. The Morgan fingerprint density at radius 3 is 2.82 bits per heavy atom. The molecule has 0 aromatic carbocycles. The van der Waals surface area contributed by atoms with Crippen molar-refractivity contribution in [2.45, 2.75) is 38.9 Å². The van der Waals surface area contributed by atoms with Crippen LogP contribution in [0.4, 0.5) is 0 Å². The van der Waals surface area contributed by atoms with Crippen LogP contribution < -0.4 is 5.32 Å². The lowest BCUT2D eigenvalue weighted by Gasteiger charge is -2.37. The molecule has 4 nitrogen and oxygen atoms in total. The Kier molecular flexibility index (Phi) is 3.47. The summed E-state index contributed by atoms with van der Waals surface area (Å²) in [6.45, 7) is 4.19. The van der Waals surface area contributed by atoms with Crippen molar-refractivity contribution in [2.75, 3.05) is 0 Å². The predicted octanol–water partition coefficient (Wildman–Crippen LogP) is 1.37. The maximum Gasteiger partial charge on any atom is 0.245 e. The Bertz CT molecular complexity index is 416. The minimum absolute atomic E-state index is 0.00449. The van der Waals surface area contributed by atoms with E-state index < -0.39 is 6.04 Å². The first kappa shape index (κ1) is 12.1. The highest BCUT2D eigenvalue weighted by Gasteiger charge is 2.37. The van der Waals surface area contributed by atoms with Crippen molar-refractivity contribution in [1.29, 1.82) is 0 Å². The van der Waals surface area contributed by atoms with E-state index in [0.29, 0.717) is 13.0 Å². The lowest BCUT2D eigenvalue weighted by atomic mass is 10.1. The molecule has 1 aliphatic rings. The molecule has 5 heteroatoms. The molecule has 0 saturated carbocycles. The van der Waals surface area contributed by atoms with Crippen LogP contribution in [-0.2, 0) is 16.1 Å². The van der Waals surface area contributed by atoms with Gasteiger partial charge in [-0.05, 0) is 24.8 Å². The maximum absolute atomic E-state index is 12.1. The molecule has 0 bridgehead atoms. The van der Waals surface area contributed by atoms with E-state index in [1.165, 1.54) is 0 Å².